The maximum Gasteiger partial charge on any atom is 0.236 e. The van der Waals surface area contributed by atoms with Gasteiger partial charge in [0, 0.05) is 19.1 Å². The third-order valence-corrected chi connectivity index (χ3v) is 6.27. The fourth-order valence-electron chi connectivity index (χ4n) is 3.02. The molecule has 7 heteroatoms. The van der Waals surface area contributed by atoms with Crippen LogP contribution in [0.4, 0.5) is 4.39 Å². The van der Waals surface area contributed by atoms with Crippen molar-refractivity contribution >= 4 is 15.7 Å². The van der Waals surface area contributed by atoms with Gasteiger partial charge in [-0.05, 0) is 30.0 Å². The second-order valence-corrected chi connectivity index (χ2v) is 8.94. The number of rotatable bonds is 6. The lowest BCUT2D eigenvalue weighted by Crippen LogP contribution is -2.43. The molecule has 1 aliphatic rings. The molecule has 0 spiro atoms. The van der Waals surface area contributed by atoms with Crippen LogP contribution in [0.3, 0.4) is 0 Å². The maximum atomic E-state index is 13.1. The molecular weight excluding hydrogens is 331 g/mol. The molecule has 0 radical (unpaired) electrons. The van der Waals surface area contributed by atoms with E-state index in [1.165, 1.54) is 17.0 Å². The third kappa shape index (κ3) is 4.77. The second-order valence-electron chi connectivity index (χ2n) is 6.72. The van der Waals surface area contributed by atoms with Gasteiger partial charge in [-0.2, -0.15) is 0 Å². The fourth-order valence-corrected chi connectivity index (χ4v) is 4.79. The van der Waals surface area contributed by atoms with Crippen molar-refractivity contribution in [2.45, 2.75) is 32.4 Å². The van der Waals surface area contributed by atoms with E-state index in [1.807, 2.05) is 13.8 Å². The summed E-state index contributed by atoms with van der Waals surface area (Å²) in [6, 6.07) is 5.92. The SMILES string of the molecule is CC(C)C(NCC(=O)N(C)C1CCS(=O)(=O)C1)c1ccc(F)cc1. The van der Waals surface area contributed by atoms with Crippen LogP contribution in [0.5, 0.6) is 0 Å². The summed E-state index contributed by atoms with van der Waals surface area (Å²) in [5.41, 5.74) is 0.922. The van der Waals surface area contributed by atoms with Gasteiger partial charge in [-0.25, -0.2) is 12.8 Å². The van der Waals surface area contributed by atoms with Crippen molar-refractivity contribution in [3.8, 4) is 0 Å². The van der Waals surface area contributed by atoms with Crippen LogP contribution in [0.2, 0.25) is 0 Å². The zero-order chi connectivity index (χ0) is 17.9. The van der Waals surface area contributed by atoms with Gasteiger partial charge in [0.05, 0.1) is 18.1 Å². The number of nitrogens with one attached hydrogen (secondary N) is 1. The first-order valence-corrected chi connectivity index (χ1v) is 9.96. The van der Waals surface area contributed by atoms with Crippen LogP contribution in [0.15, 0.2) is 24.3 Å². The summed E-state index contributed by atoms with van der Waals surface area (Å²) < 4.78 is 36.2. The van der Waals surface area contributed by atoms with Crippen LogP contribution < -0.4 is 5.32 Å². The van der Waals surface area contributed by atoms with Gasteiger partial charge in [-0.1, -0.05) is 26.0 Å². The van der Waals surface area contributed by atoms with Crippen LogP contribution in [0, 0.1) is 11.7 Å². The van der Waals surface area contributed by atoms with Crippen LogP contribution in [-0.2, 0) is 14.6 Å². The van der Waals surface area contributed by atoms with Gasteiger partial charge in [0.25, 0.3) is 0 Å². The van der Waals surface area contributed by atoms with Crippen molar-refractivity contribution in [2.75, 3.05) is 25.1 Å². The standard InChI is InChI=1S/C17H25FN2O3S/c1-12(2)17(13-4-6-14(18)7-5-13)19-10-16(21)20(3)15-8-9-24(22,23)11-15/h4-7,12,15,17,19H,8-11H2,1-3H3. The van der Waals surface area contributed by atoms with E-state index in [-0.39, 0.29) is 47.8 Å². The number of sulfone groups is 1. The smallest absolute Gasteiger partial charge is 0.236 e. The molecule has 5 nitrogen and oxygen atoms in total. The van der Waals surface area contributed by atoms with Gasteiger partial charge >= 0.3 is 0 Å². The van der Waals surface area contributed by atoms with E-state index in [2.05, 4.69) is 5.32 Å². The molecule has 2 unspecified atom stereocenters. The van der Waals surface area contributed by atoms with Gasteiger partial charge in [0.2, 0.25) is 5.91 Å². The largest absolute Gasteiger partial charge is 0.341 e. The van der Waals surface area contributed by atoms with Crippen molar-refractivity contribution in [3.05, 3.63) is 35.6 Å². The molecule has 24 heavy (non-hydrogen) atoms. The first-order valence-electron chi connectivity index (χ1n) is 8.14. The van der Waals surface area contributed by atoms with E-state index < -0.39 is 9.84 Å². The van der Waals surface area contributed by atoms with Gasteiger partial charge in [0.1, 0.15) is 5.82 Å². The number of benzene rings is 1. The molecule has 1 amide bonds. The molecule has 1 aliphatic heterocycles. The molecule has 1 aromatic rings. The Morgan fingerprint density at radius 1 is 1.33 bits per heavy atom. The lowest BCUT2D eigenvalue weighted by molar-refractivity contribution is -0.130. The zero-order valence-corrected chi connectivity index (χ0v) is 15.1. The van der Waals surface area contributed by atoms with E-state index >= 15 is 0 Å². The fraction of sp³-hybridized carbons (Fsp3) is 0.588. The summed E-state index contributed by atoms with van der Waals surface area (Å²) >= 11 is 0. The first kappa shape index (κ1) is 18.9. The summed E-state index contributed by atoms with van der Waals surface area (Å²) in [5.74, 6) is -0.0157. The summed E-state index contributed by atoms with van der Waals surface area (Å²) in [6.07, 6.45) is 0.496. The molecule has 2 rings (SSSR count). The van der Waals surface area contributed by atoms with Crippen molar-refractivity contribution in [2.24, 2.45) is 5.92 Å². The average molecular weight is 356 g/mol. The molecule has 0 aliphatic carbocycles. The monoisotopic (exact) mass is 356 g/mol. The number of halogens is 1. The molecule has 134 valence electrons. The van der Waals surface area contributed by atoms with E-state index in [0.29, 0.717) is 6.42 Å². The predicted molar refractivity (Wildman–Crippen MR) is 91.8 cm³/mol. The molecule has 1 N–H and O–H groups in total. The molecule has 0 bridgehead atoms. The first-order chi connectivity index (χ1) is 11.2. The molecular formula is C17H25FN2O3S. The third-order valence-electron chi connectivity index (χ3n) is 4.52. The van der Waals surface area contributed by atoms with Gasteiger partial charge < -0.3 is 10.2 Å². The highest BCUT2D eigenvalue weighted by Gasteiger charge is 2.32. The molecule has 0 saturated carbocycles. The van der Waals surface area contributed by atoms with Crippen LogP contribution in [-0.4, -0.2) is 50.4 Å². The number of hydrogen-bond acceptors (Lipinski definition) is 4. The minimum atomic E-state index is -3.02. The Morgan fingerprint density at radius 2 is 1.96 bits per heavy atom. The number of amides is 1. The highest BCUT2D eigenvalue weighted by molar-refractivity contribution is 7.91. The van der Waals surface area contributed by atoms with E-state index in [9.17, 15) is 17.6 Å². The van der Waals surface area contributed by atoms with Crippen molar-refractivity contribution < 1.29 is 17.6 Å². The average Bonchev–Trinajstić information content (AvgIpc) is 2.88. The Bertz CT molecular complexity index is 674. The molecule has 1 heterocycles. The molecule has 1 aromatic carbocycles. The Labute approximate surface area is 143 Å². The second kappa shape index (κ2) is 7.61. The van der Waals surface area contributed by atoms with Crippen LogP contribution >= 0.6 is 0 Å². The lowest BCUT2D eigenvalue weighted by Gasteiger charge is -2.27. The lowest BCUT2D eigenvalue weighted by atomic mass is 9.96. The number of carbonyl (C=O) groups is 1. The van der Waals surface area contributed by atoms with Crippen LogP contribution in [0.25, 0.3) is 0 Å². The van der Waals surface area contributed by atoms with Crippen molar-refractivity contribution in [3.63, 3.8) is 0 Å². The van der Waals surface area contributed by atoms with Crippen molar-refractivity contribution in [1.82, 2.24) is 10.2 Å². The minimum Gasteiger partial charge on any atom is -0.341 e. The normalized spacial score (nSPS) is 21.0. The zero-order valence-electron chi connectivity index (χ0n) is 14.3. The molecule has 1 saturated heterocycles. The molecule has 0 aromatic heterocycles. The number of nitrogens with zero attached hydrogens (tertiary/aromatic N) is 1. The minimum absolute atomic E-state index is 0.0425. The topological polar surface area (TPSA) is 66.5 Å². The van der Waals surface area contributed by atoms with E-state index in [1.54, 1.807) is 19.2 Å². The summed E-state index contributed by atoms with van der Waals surface area (Å²) in [7, 11) is -1.37. The van der Waals surface area contributed by atoms with Crippen LogP contribution in [0.1, 0.15) is 31.9 Å². The van der Waals surface area contributed by atoms with Crippen molar-refractivity contribution in [1.29, 1.82) is 0 Å². The quantitative estimate of drug-likeness (QED) is 0.843. The molecule has 1 fully saturated rings. The van der Waals surface area contributed by atoms with E-state index in [4.69, 9.17) is 0 Å². The Hall–Kier alpha value is -1.47. The maximum absolute atomic E-state index is 13.1. The molecule has 2 atom stereocenters. The van der Waals surface area contributed by atoms with Gasteiger partial charge in [-0.3, -0.25) is 4.79 Å². The Balaban J connectivity index is 1.96. The van der Waals surface area contributed by atoms with Gasteiger partial charge in [0.15, 0.2) is 9.84 Å². The number of carbonyl (C=O) groups excluding carboxylic acids is 1. The Morgan fingerprint density at radius 3 is 2.46 bits per heavy atom. The highest BCUT2D eigenvalue weighted by Crippen LogP contribution is 2.22. The summed E-state index contributed by atoms with van der Waals surface area (Å²) in [4.78, 5) is 13.9. The number of hydrogen-bond donors (Lipinski definition) is 1. The van der Waals surface area contributed by atoms with E-state index in [0.717, 1.165) is 5.56 Å². The summed E-state index contributed by atoms with van der Waals surface area (Å²) in [5, 5.41) is 3.22. The highest BCUT2D eigenvalue weighted by atomic mass is 32.2. The summed E-state index contributed by atoms with van der Waals surface area (Å²) in [6.45, 7) is 4.17. The predicted octanol–water partition coefficient (Wildman–Crippen LogP) is 1.76. The Kier molecular flexibility index (Phi) is 5.98. The number of likely N-dealkylation sites (N-methyl/N-ethyl adjacent to an activating group) is 1. The van der Waals surface area contributed by atoms with Gasteiger partial charge in [-0.15, -0.1) is 0 Å².